The Bertz CT molecular complexity index is 547. The number of ether oxygens (including phenoxy) is 4. The largest absolute Gasteiger partial charge is 0.394 e. The first-order valence-corrected chi connectivity index (χ1v) is 9.15. The highest BCUT2D eigenvalue weighted by molar-refractivity contribution is 5.73. The molecular weight excluding hydrogens is 394 g/mol. The maximum Gasteiger partial charge on any atom is 0.217 e. The zero-order valence-electron chi connectivity index (χ0n) is 15.9. The van der Waals surface area contributed by atoms with Crippen LogP contribution in [0.5, 0.6) is 0 Å². The van der Waals surface area contributed by atoms with E-state index in [9.17, 15) is 35.4 Å². The van der Waals surface area contributed by atoms with Crippen molar-refractivity contribution in [2.45, 2.75) is 68.3 Å². The van der Waals surface area contributed by atoms with Gasteiger partial charge in [-0.2, -0.15) is 0 Å². The Morgan fingerprint density at radius 1 is 1.00 bits per heavy atom. The highest BCUT2D eigenvalue weighted by atomic mass is 16.7. The van der Waals surface area contributed by atoms with Gasteiger partial charge >= 0.3 is 0 Å². The molecule has 10 atom stereocenters. The number of hydrogen-bond acceptors (Lipinski definition) is 11. The molecule has 4 unspecified atom stereocenters. The van der Waals surface area contributed by atoms with Gasteiger partial charge in [0.1, 0.15) is 48.8 Å². The molecule has 0 aromatic heterocycles. The Hall–Kier alpha value is -1.19. The molecule has 2 aliphatic heterocycles. The number of hydrogen-bond donors (Lipinski definition) is 7. The predicted molar refractivity (Wildman–Crippen MR) is 94.1 cm³/mol. The van der Waals surface area contributed by atoms with Crippen LogP contribution in [-0.4, -0.2) is 118 Å². The molecule has 12 heteroatoms. The normalized spacial score (nSPS) is 43.0. The molecule has 0 saturated carbocycles. The summed E-state index contributed by atoms with van der Waals surface area (Å²) in [5, 5.41) is 62.1. The zero-order chi connectivity index (χ0) is 21.7. The maximum absolute atomic E-state index is 11.5. The topological polar surface area (TPSA) is 187 Å². The SMILES string of the molecule is C=CCO[C@@H]1OC(CO)[C@@H](O[C@@H]2OC(CO)[C@H](O)[C@H](O)C2O)C(O)[C@@H]1NC(C)=O. The fraction of sp³-hybridized carbons (Fsp3) is 0.824. The minimum atomic E-state index is -1.71. The van der Waals surface area contributed by atoms with Crippen molar-refractivity contribution in [2.75, 3.05) is 19.8 Å². The van der Waals surface area contributed by atoms with Crippen molar-refractivity contribution in [2.24, 2.45) is 0 Å². The lowest BCUT2D eigenvalue weighted by atomic mass is 9.95. The van der Waals surface area contributed by atoms with Gasteiger partial charge in [-0.1, -0.05) is 6.08 Å². The van der Waals surface area contributed by atoms with Gasteiger partial charge in [-0.05, 0) is 0 Å². The second kappa shape index (κ2) is 10.7. The third-order valence-electron chi connectivity index (χ3n) is 4.74. The van der Waals surface area contributed by atoms with Crippen LogP contribution in [0.4, 0.5) is 0 Å². The van der Waals surface area contributed by atoms with Crippen molar-refractivity contribution in [3.63, 3.8) is 0 Å². The van der Waals surface area contributed by atoms with Crippen LogP contribution in [-0.2, 0) is 23.7 Å². The van der Waals surface area contributed by atoms with Crippen LogP contribution in [0.25, 0.3) is 0 Å². The lowest BCUT2D eigenvalue weighted by Crippen LogP contribution is -2.67. The minimum Gasteiger partial charge on any atom is -0.394 e. The van der Waals surface area contributed by atoms with E-state index in [0.29, 0.717) is 0 Å². The molecular formula is C17H29NO11. The number of aliphatic hydroxyl groups is 6. The van der Waals surface area contributed by atoms with E-state index >= 15 is 0 Å². The van der Waals surface area contributed by atoms with E-state index in [1.807, 2.05) is 0 Å². The maximum atomic E-state index is 11.5. The molecule has 2 rings (SSSR count). The molecule has 2 fully saturated rings. The second-order valence-corrected chi connectivity index (χ2v) is 6.86. The molecule has 7 N–H and O–H groups in total. The van der Waals surface area contributed by atoms with Crippen molar-refractivity contribution >= 4 is 5.91 Å². The smallest absolute Gasteiger partial charge is 0.217 e. The van der Waals surface area contributed by atoms with Gasteiger partial charge in [0.2, 0.25) is 5.91 Å². The molecule has 1 amide bonds. The van der Waals surface area contributed by atoms with Gasteiger partial charge in [-0.15, -0.1) is 6.58 Å². The van der Waals surface area contributed by atoms with Crippen molar-refractivity contribution in [1.82, 2.24) is 5.32 Å². The van der Waals surface area contributed by atoms with Crippen LogP contribution in [0, 0.1) is 0 Å². The number of amides is 1. The number of carbonyl (C=O) groups is 1. The molecule has 0 bridgehead atoms. The van der Waals surface area contributed by atoms with Gasteiger partial charge in [0.05, 0.1) is 19.8 Å². The summed E-state index contributed by atoms with van der Waals surface area (Å²) in [7, 11) is 0. The standard InChI is InChI=1S/C17H29NO11/c1-3-4-26-16-10(18-7(2)21)12(23)15(9(6-20)28-16)29-17-14(25)13(24)11(22)8(5-19)27-17/h3,8-17,19-20,22-25H,1,4-6H2,2H3,(H,18,21)/t8?,9?,10-,11-,12?,13-,14?,15+,16+,17-/m0/s1. The van der Waals surface area contributed by atoms with Crippen LogP contribution in [0.1, 0.15) is 6.92 Å². The van der Waals surface area contributed by atoms with E-state index in [-0.39, 0.29) is 6.61 Å². The summed E-state index contributed by atoms with van der Waals surface area (Å²) < 4.78 is 21.8. The fourth-order valence-corrected chi connectivity index (χ4v) is 3.26. The van der Waals surface area contributed by atoms with Crippen LogP contribution >= 0.6 is 0 Å². The van der Waals surface area contributed by atoms with Crippen molar-refractivity contribution < 1.29 is 54.4 Å². The average Bonchev–Trinajstić information content (AvgIpc) is 2.69. The third-order valence-corrected chi connectivity index (χ3v) is 4.74. The van der Waals surface area contributed by atoms with Gasteiger partial charge in [-0.3, -0.25) is 4.79 Å². The highest BCUT2D eigenvalue weighted by Gasteiger charge is 2.51. The van der Waals surface area contributed by atoms with E-state index in [1.54, 1.807) is 0 Å². The monoisotopic (exact) mass is 423 g/mol. The summed E-state index contributed by atoms with van der Waals surface area (Å²) in [6.45, 7) is 3.50. The predicted octanol–water partition coefficient (Wildman–Crippen LogP) is -4.04. The van der Waals surface area contributed by atoms with Crippen LogP contribution in [0.3, 0.4) is 0 Å². The third kappa shape index (κ3) is 5.49. The Labute approximate surface area is 167 Å². The van der Waals surface area contributed by atoms with Crippen LogP contribution < -0.4 is 5.32 Å². The molecule has 2 saturated heterocycles. The van der Waals surface area contributed by atoms with Crippen molar-refractivity contribution in [3.05, 3.63) is 12.7 Å². The summed E-state index contributed by atoms with van der Waals surface area (Å²) >= 11 is 0. The average molecular weight is 423 g/mol. The molecule has 2 aliphatic rings. The lowest BCUT2D eigenvalue weighted by molar-refractivity contribution is -0.347. The quantitative estimate of drug-likeness (QED) is 0.188. The molecule has 29 heavy (non-hydrogen) atoms. The highest BCUT2D eigenvalue weighted by Crippen LogP contribution is 2.29. The van der Waals surface area contributed by atoms with E-state index in [4.69, 9.17) is 18.9 Å². The number of carbonyl (C=O) groups excluding carboxylic acids is 1. The van der Waals surface area contributed by atoms with E-state index in [1.165, 1.54) is 13.0 Å². The van der Waals surface area contributed by atoms with E-state index < -0.39 is 80.5 Å². The Balaban J connectivity index is 2.20. The minimum absolute atomic E-state index is 0.0455. The first kappa shape index (κ1) is 24.1. The molecule has 12 nitrogen and oxygen atoms in total. The molecule has 2 heterocycles. The molecule has 0 aromatic carbocycles. The molecule has 0 radical (unpaired) electrons. The van der Waals surface area contributed by atoms with Gasteiger partial charge in [0, 0.05) is 6.92 Å². The van der Waals surface area contributed by atoms with Gasteiger partial charge in [0.15, 0.2) is 12.6 Å². The molecule has 0 aromatic rings. The van der Waals surface area contributed by atoms with Gasteiger partial charge in [-0.25, -0.2) is 0 Å². The summed E-state index contributed by atoms with van der Waals surface area (Å²) in [5.41, 5.74) is 0. The van der Waals surface area contributed by atoms with Crippen LogP contribution in [0.15, 0.2) is 12.7 Å². The first-order valence-electron chi connectivity index (χ1n) is 9.15. The molecule has 168 valence electrons. The number of nitrogens with one attached hydrogen (secondary N) is 1. The summed E-state index contributed by atoms with van der Waals surface area (Å²) in [5.74, 6) is -0.487. The van der Waals surface area contributed by atoms with Gasteiger partial charge in [0.25, 0.3) is 0 Å². The van der Waals surface area contributed by atoms with Gasteiger partial charge < -0.3 is 54.9 Å². The molecule has 0 spiro atoms. The summed E-state index contributed by atoms with van der Waals surface area (Å²) in [4.78, 5) is 11.5. The Morgan fingerprint density at radius 2 is 1.62 bits per heavy atom. The fourth-order valence-electron chi connectivity index (χ4n) is 3.26. The number of rotatable bonds is 8. The zero-order valence-corrected chi connectivity index (χ0v) is 15.9. The van der Waals surface area contributed by atoms with Crippen LogP contribution in [0.2, 0.25) is 0 Å². The number of aliphatic hydroxyl groups excluding tert-OH is 6. The lowest BCUT2D eigenvalue weighted by Gasteiger charge is -2.47. The van der Waals surface area contributed by atoms with E-state index in [0.717, 1.165) is 0 Å². The first-order chi connectivity index (χ1) is 13.7. The molecule has 0 aliphatic carbocycles. The van der Waals surface area contributed by atoms with Crippen molar-refractivity contribution in [1.29, 1.82) is 0 Å². The van der Waals surface area contributed by atoms with E-state index in [2.05, 4.69) is 11.9 Å². The Morgan fingerprint density at radius 3 is 2.17 bits per heavy atom. The summed E-state index contributed by atoms with van der Waals surface area (Å²) in [6, 6.07) is -1.09. The van der Waals surface area contributed by atoms with Crippen molar-refractivity contribution in [3.8, 4) is 0 Å². The second-order valence-electron chi connectivity index (χ2n) is 6.86. The summed E-state index contributed by atoms with van der Waals surface area (Å²) in [6.07, 6.45) is -11.4. The Kier molecular flexibility index (Phi) is 8.91.